The molecule has 0 N–H and O–H groups in total. The molecule has 0 aliphatic heterocycles. The first-order chi connectivity index (χ1) is 6.35. The number of rotatable bonds is 8. The van der Waals surface area contributed by atoms with Crippen molar-refractivity contribution in [2.75, 3.05) is 0 Å². The van der Waals surface area contributed by atoms with Gasteiger partial charge in [0.25, 0.3) is 0 Å². The molecule has 1 unspecified atom stereocenters. The van der Waals surface area contributed by atoms with Gasteiger partial charge in [0.2, 0.25) is 0 Å². The van der Waals surface area contributed by atoms with Crippen molar-refractivity contribution in [2.24, 2.45) is 5.92 Å². The van der Waals surface area contributed by atoms with Crippen LogP contribution in [0.5, 0.6) is 0 Å². The van der Waals surface area contributed by atoms with Crippen LogP contribution < -0.4 is 0 Å². The maximum absolute atomic E-state index is 3.84. The van der Waals surface area contributed by atoms with Crippen molar-refractivity contribution in [3.8, 4) is 0 Å². The van der Waals surface area contributed by atoms with Gasteiger partial charge in [0.15, 0.2) is 0 Å². The zero-order valence-corrected chi connectivity index (χ0v) is 8.97. The minimum Gasteiger partial charge on any atom is -0.102 e. The predicted octanol–water partition coefficient (Wildman–Crippen LogP) is 4.54. The molecule has 0 heteroatoms. The van der Waals surface area contributed by atoms with Crippen molar-refractivity contribution < 1.29 is 0 Å². The highest BCUT2D eigenvalue weighted by Crippen LogP contribution is 2.11. The standard InChI is InChI=1S/C13H23/c1-4-7-9-10-12-13(6-3)11-8-5-2/h6,10,12-13H,2-5,7-9,11H2,1H3. The molecule has 0 aliphatic rings. The largest absolute Gasteiger partial charge is 0.102 e. The van der Waals surface area contributed by atoms with Crippen molar-refractivity contribution in [3.63, 3.8) is 0 Å². The molecule has 1 atom stereocenters. The van der Waals surface area contributed by atoms with Crippen molar-refractivity contribution in [3.05, 3.63) is 31.7 Å². The summed E-state index contributed by atoms with van der Waals surface area (Å²) in [5.74, 6) is 0.568. The van der Waals surface area contributed by atoms with E-state index in [1.165, 1.54) is 32.1 Å². The predicted molar refractivity (Wildman–Crippen MR) is 61.6 cm³/mol. The average Bonchev–Trinajstić information content (AvgIpc) is 2.17. The third-order valence-corrected chi connectivity index (χ3v) is 2.20. The molecular weight excluding hydrogens is 156 g/mol. The van der Waals surface area contributed by atoms with Crippen LogP contribution in [0.4, 0.5) is 0 Å². The molecule has 0 saturated heterocycles. The highest BCUT2D eigenvalue weighted by Gasteiger charge is 1.96. The molecule has 0 fully saturated rings. The fraction of sp³-hybridized carbons (Fsp3) is 0.615. The van der Waals surface area contributed by atoms with Crippen LogP contribution in [-0.4, -0.2) is 0 Å². The fourth-order valence-electron chi connectivity index (χ4n) is 1.27. The van der Waals surface area contributed by atoms with Gasteiger partial charge in [0.05, 0.1) is 0 Å². The highest BCUT2D eigenvalue weighted by atomic mass is 14.0. The second-order valence-electron chi connectivity index (χ2n) is 3.47. The molecular formula is C13H23. The van der Waals surface area contributed by atoms with E-state index in [1.807, 2.05) is 6.08 Å². The van der Waals surface area contributed by atoms with Gasteiger partial charge in [0, 0.05) is 0 Å². The molecule has 1 radical (unpaired) electrons. The van der Waals surface area contributed by atoms with Crippen LogP contribution in [-0.2, 0) is 0 Å². The van der Waals surface area contributed by atoms with Crippen LogP contribution >= 0.6 is 0 Å². The summed E-state index contributed by atoms with van der Waals surface area (Å²) in [6.07, 6.45) is 13.9. The summed E-state index contributed by atoms with van der Waals surface area (Å²) in [6, 6.07) is 0. The van der Waals surface area contributed by atoms with E-state index in [-0.39, 0.29) is 0 Å². The van der Waals surface area contributed by atoms with Gasteiger partial charge in [-0.15, -0.1) is 6.58 Å². The molecule has 13 heavy (non-hydrogen) atoms. The van der Waals surface area contributed by atoms with Crippen LogP contribution in [0.15, 0.2) is 24.8 Å². The second-order valence-corrected chi connectivity index (χ2v) is 3.47. The zero-order valence-electron chi connectivity index (χ0n) is 8.97. The third-order valence-electron chi connectivity index (χ3n) is 2.20. The van der Waals surface area contributed by atoms with Gasteiger partial charge in [-0.25, -0.2) is 0 Å². The molecule has 0 spiro atoms. The SMILES string of the molecule is [CH2]CCCC(C=C)C=CCCCC. The molecule has 75 valence electrons. The van der Waals surface area contributed by atoms with E-state index in [4.69, 9.17) is 0 Å². The molecule has 0 aromatic carbocycles. The number of hydrogen-bond donors (Lipinski definition) is 0. The molecule has 0 saturated carbocycles. The first-order valence-corrected chi connectivity index (χ1v) is 5.43. The van der Waals surface area contributed by atoms with Crippen molar-refractivity contribution in [2.45, 2.75) is 45.4 Å². The van der Waals surface area contributed by atoms with E-state index >= 15 is 0 Å². The lowest BCUT2D eigenvalue weighted by molar-refractivity contribution is 0.658. The smallest absolute Gasteiger partial charge is 0.00562 e. The summed E-state index contributed by atoms with van der Waals surface area (Å²) in [5, 5.41) is 0. The molecule has 0 aliphatic carbocycles. The maximum Gasteiger partial charge on any atom is -0.00562 e. The molecule has 0 nitrogen and oxygen atoms in total. The zero-order chi connectivity index (χ0) is 9.94. The average molecular weight is 179 g/mol. The minimum absolute atomic E-state index is 0.568. The van der Waals surface area contributed by atoms with Gasteiger partial charge in [-0.05, 0) is 18.8 Å². The van der Waals surface area contributed by atoms with Crippen molar-refractivity contribution >= 4 is 0 Å². The van der Waals surface area contributed by atoms with E-state index in [0.717, 1.165) is 6.42 Å². The minimum atomic E-state index is 0.568. The van der Waals surface area contributed by atoms with Crippen LogP contribution in [0, 0.1) is 12.8 Å². The Kier molecular flexibility index (Phi) is 9.18. The van der Waals surface area contributed by atoms with Crippen LogP contribution in [0.1, 0.15) is 45.4 Å². The van der Waals surface area contributed by atoms with Crippen LogP contribution in [0.25, 0.3) is 0 Å². The van der Waals surface area contributed by atoms with Gasteiger partial charge in [-0.1, -0.05) is 57.8 Å². The summed E-state index contributed by atoms with van der Waals surface area (Å²) in [4.78, 5) is 0. The van der Waals surface area contributed by atoms with E-state index in [9.17, 15) is 0 Å². The second kappa shape index (κ2) is 9.57. The lowest BCUT2D eigenvalue weighted by Gasteiger charge is -2.05. The Balaban J connectivity index is 3.56. The first kappa shape index (κ1) is 12.5. The Morgan fingerprint density at radius 3 is 2.62 bits per heavy atom. The molecule has 0 heterocycles. The Labute approximate surface area is 83.7 Å². The van der Waals surface area contributed by atoms with Gasteiger partial charge in [0.1, 0.15) is 0 Å². The van der Waals surface area contributed by atoms with Crippen molar-refractivity contribution in [1.29, 1.82) is 0 Å². The molecule has 0 aromatic rings. The lowest BCUT2D eigenvalue weighted by atomic mass is 10.0. The lowest BCUT2D eigenvalue weighted by Crippen LogP contribution is -1.90. The third kappa shape index (κ3) is 7.83. The first-order valence-electron chi connectivity index (χ1n) is 5.43. The molecule has 0 aromatic heterocycles. The fourth-order valence-corrected chi connectivity index (χ4v) is 1.27. The Morgan fingerprint density at radius 2 is 2.08 bits per heavy atom. The summed E-state index contributed by atoms with van der Waals surface area (Å²) in [5.41, 5.74) is 0. The Morgan fingerprint density at radius 1 is 1.31 bits per heavy atom. The van der Waals surface area contributed by atoms with Gasteiger partial charge in [-0.2, -0.15) is 0 Å². The molecule has 0 bridgehead atoms. The summed E-state index contributed by atoms with van der Waals surface area (Å²) in [7, 11) is 0. The van der Waals surface area contributed by atoms with Crippen molar-refractivity contribution in [1.82, 2.24) is 0 Å². The van der Waals surface area contributed by atoms with E-state index in [2.05, 4.69) is 32.6 Å². The molecule has 0 rings (SSSR count). The van der Waals surface area contributed by atoms with Gasteiger partial charge in [-0.3, -0.25) is 0 Å². The quantitative estimate of drug-likeness (QED) is 0.379. The topological polar surface area (TPSA) is 0 Å². The maximum atomic E-state index is 3.84. The number of allylic oxidation sites excluding steroid dienone is 3. The highest BCUT2D eigenvalue weighted by molar-refractivity contribution is 4.96. The van der Waals surface area contributed by atoms with E-state index in [0.29, 0.717) is 5.92 Å². The van der Waals surface area contributed by atoms with Gasteiger partial charge >= 0.3 is 0 Å². The number of unbranched alkanes of at least 4 members (excludes halogenated alkanes) is 3. The number of hydrogen-bond acceptors (Lipinski definition) is 0. The monoisotopic (exact) mass is 179 g/mol. The molecule has 0 amide bonds. The van der Waals surface area contributed by atoms with E-state index < -0.39 is 0 Å². The summed E-state index contributed by atoms with van der Waals surface area (Å²) in [6.45, 7) is 9.91. The summed E-state index contributed by atoms with van der Waals surface area (Å²) >= 11 is 0. The summed E-state index contributed by atoms with van der Waals surface area (Å²) < 4.78 is 0. The van der Waals surface area contributed by atoms with Crippen LogP contribution in [0.2, 0.25) is 0 Å². The van der Waals surface area contributed by atoms with Gasteiger partial charge < -0.3 is 0 Å². The Bertz CT molecular complexity index is 133. The van der Waals surface area contributed by atoms with E-state index in [1.54, 1.807) is 0 Å². The Hall–Kier alpha value is -0.520. The normalized spacial score (nSPS) is 13.4. The van der Waals surface area contributed by atoms with Crippen LogP contribution in [0.3, 0.4) is 0 Å².